The highest BCUT2D eigenvalue weighted by Crippen LogP contribution is 2.52. The third-order valence-corrected chi connectivity index (χ3v) is 5.64. The van der Waals surface area contributed by atoms with Gasteiger partial charge in [-0.25, -0.2) is 0 Å². The van der Waals surface area contributed by atoms with E-state index in [4.69, 9.17) is 9.47 Å². The van der Waals surface area contributed by atoms with Gasteiger partial charge in [0.25, 0.3) is 0 Å². The van der Waals surface area contributed by atoms with Crippen molar-refractivity contribution in [2.75, 3.05) is 45.4 Å². The Morgan fingerprint density at radius 2 is 2.39 bits per heavy atom. The minimum atomic E-state index is -0.848. The summed E-state index contributed by atoms with van der Waals surface area (Å²) in [5.41, 5.74) is 0.115. The van der Waals surface area contributed by atoms with E-state index in [1.807, 2.05) is 30.0 Å². The van der Waals surface area contributed by atoms with Gasteiger partial charge >= 0.3 is 5.97 Å². The molecule has 0 bridgehead atoms. The van der Waals surface area contributed by atoms with Crippen LogP contribution in [0.1, 0.15) is 17.9 Å². The summed E-state index contributed by atoms with van der Waals surface area (Å²) in [7, 11) is 1.61. The van der Waals surface area contributed by atoms with E-state index in [1.54, 1.807) is 7.11 Å². The third kappa shape index (κ3) is 2.78. The molecular formula is C17H23NO4S. The molecule has 0 radical (unpaired) electrons. The number of carboxylic acids is 1. The number of carboxylic acid groups (broad SMARTS) is 1. The first kappa shape index (κ1) is 16.5. The summed E-state index contributed by atoms with van der Waals surface area (Å²) in [4.78, 5) is 14.3. The molecule has 2 aliphatic rings. The molecule has 1 fully saturated rings. The highest BCUT2D eigenvalue weighted by Gasteiger charge is 2.56. The average Bonchev–Trinajstić information content (AvgIpc) is 2.95. The van der Waals surface area contributed by atoms with E-state index in [9.17, 15) is 9.90 Å². The summed E-state index contributed by atoms with van der Waals surface area (Å²) >= 11 is 1.83. The maximum Gasteiger partial charge on any atom is 0.315 e. The zero-order valence-corrected chi connectivity index (χ0v) is 14.4. The first-order chi connectivity index (χ1) is 11.1. The van der Waals surface area contributed by atoms with Crippen molar-refractivity contribution in [3.8, 4) is 11.5 Å². The van der Waals surface area contributed by atoms with Crippen LogP contribution in [0.5, 0.6) is 11.5 Å². The Kier molecular flexibility index (Phi) is 4.73. The molecule has 2 atom stereocenters. The zero-order valence-electron chi connectivity index (χ0n) is 13.6. The maximum atomic E-state index is 12.1. The number of hydrogen-bond donors (Lipinski definition) is 1. The predicted octanol–water partition coefficient (Wildman–Crippen LogP) is 2.31. The lowest BCUT2D eigenvalue weighted by Gasteiger charge is -2.36. The van der Waals surface area contributed by atoms with E-state index >= 15 is 0 Å². The van der Waals surface area contributed by atoms with Gasteiger partial charge < -0.3 is 19.5 Å². The quantitative estimate of drug-likeness (QED) is 0.804. The lowest BCUT2D eigenvalue weighted by molar-refractivity contribution is -0.151. The Morgan fingerprint density at radius 1 is 1.57 bits per heavy atom. The van der Waals surface area contributed by atoms with Gasteiger partial charge in [-0.2, -0.15) is 11.8 Å². The van der Waals surface area contributed by atoms with Gasteiger partial charge in [-0.1, -0.05) is 12.1 Å². The van der Waals surface area contributed by atoms with Crippen LogP contribution in [0.25, 0.3) is 0 Å². The molecule has 0 amide bonds. The van der Waals surface area contributed by atoms with Crippen LogP contribution in [-0.4, -0.2) is 61.3 Å². The number of hydrogen-bond acceptors (Lipinski definition) is 5. The number of thioether (sulfide) groups is 1. The second-order valence-electron chi connectivity index (χ2n) is 6.26. The van der Waals surface area contributed by atoms with Gasteiger partial charge in [-0.15, -0.1) is 0 Å². The summed E-state index contributed by atoms with van der Waals surface area (Å²) in [6, 6.07) is 5.75. The summed E-state index contributed by atoms with van der Waals surface area (Å²) in [6.45, 7) is 2.47. The molecule has 3 rings (SSSR count). The molecular weight excluding hydrogens is 314 g/mol. The van der Waals surface area contributed by atoms with Crippen molar-refractivity contribution in [2.24, 2.45) is 5.41 Å². The SMILES string of the molecule is COc1cccc2c1OC[C@]1(C(=O)O)CN(CCCSC)C[C@H]21. The molecule has 6 heteroatoms. The summed E-state index contributed by atoms with van der Waals surface area (Å²) in [6.07, 6.45) is 3.17. The molecule has 0 saturated carbocycles. The minimum absolute atomic E-state index is 0.0480. The van der Waals surface area contributed by atoms with E-state index in [1.165, 1.54) is 0 Å². The van der Waals surface area contributed by atoms with Crippen LogP contribution in [-0.2, 0) is 4.79 Å². The van der Waals surface area contributed by atoms with Crippen molar-refractivity contribution >= 4 is 17.7 Å². The van der Waals surface area contributed by atoms with Crippen molar-refractivity contribution in [2.45, 2.75) is 12.3 Å². The van der Waals surface area contributed by atoms with Crippen molar-refractivity contribution in [3.05, 3.63) is 23.8 Å². The number of nitrogens with zero attached hydrogens (tertiary/aromatic N) is 1. The minimum Gasteiger partial charge on any atom is -0.493 e. The van der Waals surface area contributed by atoms with Gasteiger partial charge in [0.1, 0.15) is 12.0 Å². The molecule has 0 spiro atoms. The molecule has 0 aliphatic carbocycles. The number of methoxy groups -OCH3 is 1. The van der Waals surface area contributed by atoms with Crippen LogP contribution in [0.15, 0.2) is 18.2 Å². The normalized spacial score (nSPS) is 26.3. The molecule has 1 N–H and O–H groups in total. The Morgan fingerprint density at radius 3 is 3.09 bits per heavy atom. The maximum absolute atomic E-state index is 12.1. The number of fused-ring (bicyclic) bond motifs is 3. The predicted molar refractivity (Wildman–Crippen MR) is 90.7 cm³/mol. The van der Waals surface area contributed by atoms with Crippen LogP contribution >= 0.6 is 11.8 Å². The highest BCUT2D eigenvalue weighted by atomic mass is 32.2. The molecule has 126 valence electrons. The first-order valence-electron chi connectivity index (χ1n) is 7.87. The van der Waals surface area contributed by atoms with E-state index in [0.717, 1.165) is 30.8 Å². The second kappa shape index (κ2) is 6.61. The molecule has 2 aliphatic heterocycles. The summed E-state index contributed by atoms with van der Waals surface area (Å²) in [5.74, 6) is 1.68. The van der Waals surface area contributed by atoms with Gasteiger partial charge in [0.2, 0.25) is 0 Å². The standard InChI is InChI=1S/C17H23NO4S/c1-21-14-6-3-5-12-13-9-18(7-4-8-23-2)10-17(13,16(19)20)11-22-15(12)14/h3,5-6,13H,4,7-11H2,1-2H3,(H,19,20)/t13-,17-/m1/s1. The lowest BCUT2D eigenvalue weighted by atomic mass is 9.73. The number of para-hydroxylation sites is 1. The number of rotatable bonds is 6. The molecule has 1 aromatic carbocycles. The lowest BCUT2D eigenvalue weighted by Crippen LogP contribution is -2.45. The highest BCUT2D eigenvalue weighted by molar-refractivity contribution is 7.98. The Labute approximate surface area is 140 Å². The number of aliphatic carboxylic acids is 1. The Hall–Kier alpha value is -1.40. The molecule has 23 heavy (non-hydrogen) atoms. The van der Waals surface area contributed by atoms with Gasteiger partial charge in [-0.3, -0.25) is 4.79 Å². The van der Waals surface area contributed by atoms with E-state index in [0.29, 0.717) is 18.0 Å². The Bertz CT molecular complexity index is 594. The van der Waals surface area contributed by atoms with Crippen LogP contribution in [0.3, 0.4) is 0 Å². The molecule has 1 aromatic rings. The molecule has 0 aromatic heterocycles. The van der Waals surface area contributed by atoms with Crippen molar-refractivity contribution < 1.29 is 19.4 Å². The summed E-state index contributed by atoms with van der Waals surface area (Å²) in [5, 5.41) is 9.90. The Balaban J connectivity index is 1.91. The fraction of sp³-hybridized carbons (Fsp3) is 0.588. The van der Waals surface area contributed by atoms with Gasteiger partial charge in [-0.05, 0) is 31.0 Å². The number of benzene rings is 1. The van der Waals surface area contributed by atoms with Gasteiger partial charge in [0.15, 0.2) is 11.5 Å². The van der Waals surface area contributed by atoms with Crippen LogP contribution in [0.4, 0.5) is 0 Å². The van der Waals surface area contributed by atoms with Crippen LogP contribution < -0.4 is 9.47 Å². The van der Waals surface area contributed by atoms with Gasteiger partial charge in [0, 0.05) is 24.6 Å². The second-order valence-corrected chi connectivity index (χ2v) is 7.25. The molecule has 1 saturated heterocycles. The van der Waals surface area contributed by atoms with Crippen LogP contribution in [0.2, 0.25) is 0 Å². The number of carbonyl (C=O) groups is 1. The number of ether oxygens (including phenoxy) is 2. The van der Waals surface area contributed by atoms with E-state index in [-0.39, 0.29) is 12.5 Å². The van der Waals surface area contributed by atoms with E-state index in [2.05, 4.69) is 11.2 Å². The smallest absolute Gasteiger partial charge is 0.315 e. The average molecular weight is 337 g/mol. The fourth-order valence-electron chi connectivity index (χ4n) is 3.75. The summed E-state index contributed by atoms with van der Waals surface area (Å²) < 4.78 is 11.2. The molecule has 5 nitrogen and oxygen atoms in total. The van der Waals surface area contributed by atoms with Crippen LogP contribution in [0, 0.1) is 5.41 Å². The zero-order chi connectivity index (χ0) is 16.4. The topological polar surface area (TPSA) is 59.0 Å². The monoisotopic (exact) mass is 337 g/mol. The van der Waals surface area contributed by atoms with Gasteiger partial charge in [0.05, 0.1) is 7.11 Å². The first-order valence-corrected chi connectivity index (χ1v) is 9.26. The number of likely N-dealkylation sites (tertiary alicyclic amines) is 1. The van der Waals surface area contributed by atoms with Crippen molar-refractivity contribution in [1.29, 1.82) is 0 Å². The fourth-order valence-corrected chi connectivity index (χ4v) is 4.17. The van der Waals surface area contributed by atoms with Crippen molar-refractivity contribution in [1.82, 2.24) is 4.90 Å². The van der Waals surface area contributed by atoms with E-state index < -0.39 is 11.4 Å². The van der Waals surface area contributed by atoms with Crippen molar-refractivity contribution in [3.63, 3.8) is 0 Å². The largest absolute Gasteiger partial charge is 0.493 e. The third-order valence-electron chi connectivity index (χ3n) is 4.94. The molecule has 2 heterocycles. The molecule has 0 unspecified atom stereocenters.